The Morgan fingerprint density at radius 2 is 1.64 bits per heavy atom. The number of ether oxygens (including phenoxy) is 3. The Labute approximate surface area is 244 Å². The lowest BCUT2D eigenvalue weighted by molar-refractivity contribution is -0.252. The van der Waals surface area contributed by atoms with Crippen LogP contribution in [0.2, 0.25) is 0 Å². The van der Waals surface area contributed by atoms with Gasteiger partial charge in [0.25, 0.3) is 0 Å². The van der Waals surface area contributed by atoms with Crippen LogP contribution in [0.25, 0.3) is 0 Å². The fourth-order valence-electron chi connectivity index (χ4n) is 4.20. The highest BCUT2D eigenvalue weighted by molar-refractivity contribution is 7.52. The average Bonchev–Trinajstić information content (AvgIpc) is 2.95. The predicted octanol–water partition coefficient (Wildman–Crippen LogP) is 1.89. The maximum Gasteiger partial charge on any atom is 0.459 e. The third kappa shape index (κ3) is 9.77. The van der Waals surface area contributed by atoms with Crippen LogP contribution in [-0.2, 0) is 34.8 Å². The molecule has 232 valence electrons. The van der Waals surface area contributed by atoms with Crippen LogP contribution in [0.4, 0.5) is 0 Å². The number of carbonyl (C=O) groups excluding carboxylic acids is 2. The summed E-state index contributed by atoms with van der Waals surface area (Å²) in [5.41, 5.74) is 0.765. The summed E-state index contributed by atoms with van der Waals surface area (Å²) in [6.07, 6.45) is -6.11. The maximum absolute atomic E-state index is 14.1. The molecule has 3 rings (SSSR count). The van der Waals surface area contributed by atoms with Crippen molar-refractivity contribution in [3.05, 3.63) is 60.2 Å². The molecule has 7 atom stereocenters. The molecule has 1 aliphatic rings. The molecule has 0 radical (unpaired) electrons. The van der Waals surface area contributed by atoms with Crippen LogP contribution in [0, 0.1) is 5.92 Å². The van der Waals surface area contributed by atoms with Crippen LogP contribution in [0.5, 0.6) is 11.5 Å². The van der Waals surface area contributed by atoms with E-state index in [1.807, 2.05) is 32.0 Å². The number of aliphatic hydroxyl groups excluding tert-OH is 3. The Morgan fingerprint density at radius 3 is 2.24 bits per heavy atom. The largest absolute Gasteiger partial charge is 0.497 e. The molecule has 5 N–H and O–H groups in total. The molecule has 1 heterocycles. The number of nitrogens with one attached hydrogen (secondary N) is 2. The molecule has 0 saturated carbocycles. The molecule has 42 heavy (non-hydrogen) atoms. The molecular formula is C28H39N2O11P. The van der Waals surface area contributed by atoms with E-state index in [4.69, 9.17) is 23.3 Å². The topological polar surface area (TPSA) is 182 Å². The molecule has 2 unspecified atom stereocenters. The Hall–Kier alpha value is -3.03. The minimum absolute atomic E-state index is 0.00616. The highest BCUT2D eigenvalue weighted by atomic mass is 31.2. The van der Waals surface area contributed by atoms with Gasteiger partial charge in [0, 0.05) is 6.92 Å². The van der Waals surface area contributed by atoms with Crippen molar-refractivity contribution in [2.24, 2.45) is 5.92 Å². The summed E-state index contributed by atoms with van der Waals surface area (Å²) in [4.78, 5) is 24.6. The van der Waals surface area contributed by atoms with E-state index in [1.165, 1.54) is 26.2 Å². The third-order valence-electron chi connectivity index (χ3n) is 6.31. The Morgan fingerprint density at radius 1 is 1.00 bits per heavy atom. The highest BCUT2D eigenvalue weighted by Crippen LogP contribution is 2.46. The molecule has 1 fully saturated rings. The van der Waals surface area contributed by atoms with E-state index in [2.05, 4.69) is 10.4 Å². The lowest BCUT2D eigenvalue weighted by atomic mass is 9.97. The quantitative estimate of drug-likeness (QED) is 0.155. The summed E-state index contributed by atoms with van der Waals surface area (Å²) in [7, 11) is -2.93. The Kier molecular flexibility index (Phi) is 12.3. The third-order valence-corrected chi connectivity index (χ3v) is 7.88. The summed E-state index contributed by atoms with van der Waals surface area (Å²) in [5, 5.41) is 36.3. The number of rotatable bonds is 14. The van der Waals surface area contributed by atoms with Crippen molar-refractivity contribution in [1.29, 1.82) is 0 Å². The van der Waals surface area contributed by atoms with Crippen LogP contribution >= 0.6 is 7.75 Å². The number of esters is 1. The van der Waals surface area contributed by atoms with Crippen LogP contribution in [-0.4, -0.2) is 77.6 Å². The first kappa shape index (κ1) is 33.5. The molecule has 0 aliphatic carbocycles. The first-order valence-electron chi connectivity index (χ1n) is 13.4. The van der Waals surface area contributed by atoms with Gasteiger partial charge in [-0.2, -0.15) is 5.09 Å². The molecular weight excluding hydrogens is 571 g/mol. The van der Waals surface area contributed by atoms with Crippen molar-refractivity contribution in [3.63, 3.8) is 0 Å². The lowest BCUT2D eigenvalue weighted by Crippen LogP contribution is -2.64. The van der Waals surface area contributed by atoms with Gasteiger partial charge in [-0.05, 0) is 42.2 Å². The molecule has 14 heteroatoms. The van der Waals surface area contributed by atoms with Crippen molar-refractivity contribution >= 4 is 19.6 Å². The molecule has 0 aromatic heterocycles. The number of methoxy groups -OCH3 is 1. The fourth-order valence-corrected chi connectivity index (χ4v) is 5.72. The Bertz CT molecular complexity index is 1200. The summed E-state index contributed by atoms with van der Waals surface area (Å²) in [6, 6.07) is 12.8. The van der Waals surface area contributed by atoms with Crippen LogP contribution in [0.15, 0.2) is 54.6 Å². The number of benzene rings is 2. The van der Waals surface area contributed by atoms with Gasteiger partial charge in [0.15, 0.2) is 6.29 Å². The summed E-state index contributed by atoms with van der Waals surface area (Å²) >= 11 is 0. The molecule has 1 saturated heterocycles. The van der Waals surface area contributed by atoms with Gasteiger partial charge in [0.2, 0.25) is 5.91 Å². The van der Waals surface area contributed by atoms with E-state index in [-0.39, 0.29) is 24.7 Å². The monoisotopic (exact) mass is 610 g/mol. The van der Waals surface area contributed by atoms with Gasteiger partial charge in [-0.1, -0.05) is 44.2 Å². The second-order valence-electron chi connectivity index (χ2n) is 10.2. The van der Waals surface area contributed by atoms with Crippen molar-refractivity contribution in [2.75, 3.05) is 13.7 Å². The van der Waals surface area contributed by atoms with Crippen LogP contribution < -0.4 is 19.7 Å². The molecule has 1 aliphatic heterocycles. The molecule has 0 spiro atoms. The fraction of sp³-hybridized carbons (Fsp3) is 0.500. The zero-order valence-corrected chi connectivity index (χ0v) is 24.8. The van der Waals surface area contributed by atoms with E-state index in [9.17, 15) is 29.5 Å². The van der Waals surface area contributed by atoms with Gasteiger partial charge in [-0.25, -0.2) is 4.57 Å². The SMILES string of the molecule is COc1ccc(OP(=O)(N[C@@H](CC(C)C)C(=O)OCc2ccccc2)OC[C@H]2OC(O)[C@H](NC(C)=O)[C@@H](O)[C@@H]2O)cc1. The van der Waals surface area contributed by atoms with E-state index in [0.29, 0.717) is 5.75 Å². The van der Waals surface area contributed by atoms with E-state index >= 15 is 0 Å². The van der Waals surface area contributed by atoms with Crippen molar-refractivity contribution in [3.8, 4) is 11.5 Å². The second kappa shape index (κ2) is 15.4. The normalized spacial score (nSPS) is 24.3. The summed E-state index contributed by atoms with van der Waals surface area (Å²) in [5.74, 6) is -0.638. The predicted molar refractivity (Wildman–Crippen MR) is 150 cm³/mol. The number of aliphatic hydroxyl groups is 3. The van der Waals surface area contributed by atoms with E-state index in [1.54, 1.807) is 24.3 Å². The molecule has 13 nitrogen and oxygen atoms in total. The van der Waals surface area contributed by atoms with Gasteiger partial charge in [0.1, 0.15) is 48.5 Å². The van der Waals surface area contributed by atoms with Crippen molar-refractivity contribution < 1.29 is 52.7 Å². The smallest absolute Gasteiger partial charge is 0.459 e. The molecule has 2 aromatic rings. The average molecular weight is 611 g/mol. The number of hydrogen-bond donors (Lipinski definition) is 5. The van der Waals surface area contributed by atoms with Gasteiger partial charge in [0.05, 0.1) is 13.7 Å². The van der Waals surface area contributed by atoms with Gasteiger partial charge in [-0.15, -0.1) is 0 Å². The first-order valence-corrected chi connectivity index (χ1v) is 15.0. The lowest BCUT2D eigenvalue weighted by Gasteiger charge is -2.40. The second-order valence-corrected chi connectivity index (χ2v) is 11.9. The zero-order valence-electron chi connectivity index (χ0n) is 23.9. The van der Waals surface area contributed by atoms with Crippen molar-refractivity contribution in [2.45, 2.75) is 70.5 Å². The van der Waals surface area contributed by atoms with Crippen molar-refractivity contribution in [1.82, 2.24) is 10.4 Å². The molecule has 1 amide bonds. The standard InChI is InChI=1S/C28H39N2O11P/c1-17(2)14-22(27(34)38-15-19-8-6-5-7-9-19)30-42(36,41-21-12-10-20(37-4)11-13-21)39-16-23-25(32)26(33)24(28(35)40-23)29-18(3)31/h5-13,17,22-26,28,32-33,35H,14-16H2,1-4H3,(H,29,31)(H,30,36)/t22-,23+,24+,25+,26+,28?,42?/m0/s1. The zero-order chi connectivity index (χ0) is 30.9. The minimum Gasteiger partial charge on any atom is -0.497 e. The van der Waals surface area contributed by atoms with E-state index in [0.717, 1.165) is 5.56 Å². The minimum atomic E-state index is -4.41. The molecule has 0 bridgehead atoms. The number of carbonyl (C=O) groups is 2. The van der Waals surface area contributed by atoms with Gasteiger partial charge < -0.3 is 39.4 Å². The number of amides is 1. The van der Waals surface area contributed by atoms with Gasteiger partial charge >= 0.3 is 13.7 Å². The Balaban J connectivity index is 1.80. The number of hydrogen-bond acceptors (Lipinski definition) is 11. The molecule has 2 aromatic carbocycles. The summed E-state index contributed by atoms with van der Waals surface area (Å²) in [6.45, 7) is 4.28. The van der Waals surface area contributed by atoms with Crippen LogP contribution in [0.3, 0.4) is 0 Å². The maximum atomic E-state index is 14.1. The highest BCUT2D eigenvalue weighted by Gasteiger charge is 2.46. The summed E-state index contributed by atoms with van der Waals surface area (Å²) < 4.78 is 41.4. The van der Waals surface area contributed by atoms with Crippen LogP contribution in [0.1, 0.15) is 32.8 Å². The van der Waals surface area contributed by atoms with Gasteiger partial charge in [-0.3, -0.25) is 14.1 Å². The first-order chi connectivity index (χ1) is 19.9. The van der Waals surface area contributed by atoms with E-state index < -0.39 is 62.9 Å².